The van der Waals surface area contributed by atoms with Crippen LogP contribution in [0.1, 0.15) is 24.6 Å². The maximum atomic E-state index is 4.77. The summed E-state index contributed by atoms with van der Waals surface area (Å²) in [5.74, 6) is 2.20. The molecule has 1 aliphatic rings. The summed E-state index contributed by atoms with van der Waals surface area (Å²) in [6.45, 7) is 1.91. The number of piperidine rings is 1. The van der Waals surface area contributed by atoms with Crippen LogP contribution in [0.5, 0.6) is 0 Å². The van der Waals surface area contributed by atoms with Crippen molar-refractivity contribution in [3.8, 4) is 11.4 Å². The molecule has 4 aromatic rings. The molecule has 1 unspecified atom stereocenters. The van der Waals surface area contributed by atoms with Crippen LogP contribution in [0.3, 0.4) is 0 Å². The molecule has 5 rings (SSSR count). The SMILES string of the molecule is c1ccc(-c2nsc(N3CCCC(c4nnc5ccccn45)C3)n2)cc1. The summed E-state index contributed by atoms with van der Waals surface area (Å²) in [6.07, 6.45) is 4.28. The standard InChI is InChI=1S/C19H18N6S/c1-2-7-14(8-3-1)17-20-19(26-23-17)24-11-6-9-15(13-24)18-22-21-16-10-4-5-12-25(16)18/h1-5,7-8,10,12,15H,6,9,11,13H2. The van der Waals surface area contributed by atoms with Crippen molar-refractivity contribution < 1.29 is 0 Å². The van der Waals surface area contributed by atoms with Crippen molar-refractivity contribution in [3.63, 3.8) is 0 Å². The minimum atomic E-state index is 0.352. The van der Waals surface area contributed by atoms with E-state index in [1.807, 2.05) is 54.7 Å². The molecule has 4 heterocycles. The first-order chi connectivity index (χ1) is 12.9. The number of fused-ring (bicyclic) bond motifs is 1. The molecule has 6 nitrogen and oxygen atoms in total. The van der Waals surface area contributed by atoms with Gasteiger partial charge in [0.2, 0.25) is 5.13 Å². The van der Waals surface area contributed by atoms with Crippen LogP contribution in [0.2, 0.25) is 0 Å². The Morgan fingerprint density at radius 2 is 1.88 bits per heavy atom. The Balaban J connectivity index is 1.40. The van der Waals surface area contributed by atoms with Gasteiger partial charge in [0.05, 0.1) is 0 Å². The van der Waals surface area contributed by atoms with E-state index in [0.29, 0.717) is 5.92 Å². The molecular formula is C19H18N6S. The Morgan fingerprint density at radius 3 is 2.81 bits per heavy atom. The van der Waals surface area contributed by atoms with Gasteiger partial charge in [0.1, 0.15) is 5.82 Å². The molecule has 1 aliphatic heterocycles. The van der Waals surface area contributed by atoms with Crippen LogP contribution in [0, 0.1) is 0 Å². The molecule has 1 fully saturated rings. The lowest BCUT2D eigenvalue weighted by Crippen LogP contribution is -2.35. The van der Waals surface area contributed by atoms with E-state index < -0.39 is 0 Å². The first-order valence-electron chi connectivity index (χ1n) is 8.82. The van der Waals surface area contributed by atoms with E-state index in [9.17, 15) is 0 Å². The zero-order valence-corrected chi connectivity index (χ0v) is 15.0. The summed E-state index contributed by atoms with van der Waals surface area (Å²) in [5.41, 5.74) is 1.97. The molecule has 130 valence electrons. The molecule has 1 atom stereocenters. The fraction of sp³-hybridized carbons (Fsp3) is 0.263. The van der Waals surface area contributed by atoms with Crippen LogP contribution in [-0.4, -0.2) is 37.0 Å². The smallest absolute Gasteiger partial charge is 0.205 e. The van der Waals surface area contributed by atoms with Crippen molar-refractivity contribution in [2.24, 2.45) is 0 Å². The highest BCUT2D eigenvalue weighted by atomic mass is 32.1. The Hall–Kier alpha value is -2.80. The Morgan fingerprint density at radius 1 is 1.00 bits per heavy atom. The van der Waals surface area contributed by atoms with Crippen LogP contribution in [0.15, 0.2) is 54.7 Å². The van der Waals surface area contributed by atoms with Crippen molar-refractivity contribution in [2.45, 2.75) is 18.8 Å². The molecule has 0 amide bonds. The number of pyridine rings is 1. The van der Waals surface area contributed by atoms with Gasteiger partial charge in [0.15, 0.2) is 11.5 Å². The van der Waals surface area contributed by atoms with E-state index in [1.165, 1.54) is 11.5 Å². The summed E-state index contributed by atoms with van der Waals surface area (Å²) in [5, 5.41) is 9.75. The van der Waals surface area contributed by atoms with Crippen LogP contribution in [0.4, 0.5) is 5.13 Å². The topological polar surface area (TPSA) is 59.2 Å². The van der Waals surface area contributed by atoms with Gasteiger partial charge in [-0.25, -0.2) is 0 Å². The fourth-order valence-corrected chi connectivity index (χ4v) is 4.27. The van der Waals surface area contributed by atoms with Crippen molar-refractivity contribution >= 4 is 22.3 Å². The Kier molecular flexibility index (Phi) is 3.86. The summed E-state index contributed by atoms with van der Waals surface area (Å²) >= 11 is 1.48. The van der Waals surface area contributed by atoms with Crippen molar-refractivity contribution in [1.82, 2.24) is 24.0 Å². The summed E-state index contributed by atoms with van der Waals surface area (Å²) in [7, 11) is 0. The molecule has 1 saturated heterocycles. The third kappa shape index (κ3) is 2.74. The molecule has 7 heteroatoms. The van der Waals surface area contributed by atoms with Gasteiger partial charge in [-0.1, -0.05) is 36.4 Å². The molecule has 0 radical (unpaired) electrons. The van der Waals surface area contributed by atoms with Gasteiger partial charge < -0.3 is 4.90 Å². The maximum Gasteiger partial charge on any atom is 0.205 e. The lowest BCUT2D eigenvalue weighted by atomic mass is 9.97. The second-order valence-corrected chi connectivity index (χ2v) is 7.27. The average molecular weight is 362 g/mol. The van der Waals surface area contributed by atoms with E-state index in [1.54, 1.807) is 0 Å². The van der Waals surface area contributed by atoms with E-state index in [0.717, 1.165) is 53.9 Å². The lowest BCUT2D eigenvalue weighted by Gasteiger charge is -2.31. The van der Waals surface area contributed by atoms with Gasteiger partial charge in [0, 0.05) is 42.3 Å². The number of hydrogen-bond donors (Lipinski definition) is 0. The quantitative estimate of drug-likeness (QED) is 0.557. The van der Waals surface area contributed by atoms with Gasteiger partial charge in [-0.15, -0.1) is 10.2 Å². The highest BCUT2D eigenvalue weighted by Crippen LogP contribution is 2.31. The summed E-state index contributed by atoms with van der Waals surface area (Å²) < 4.78 is 6.66. The predicted octanol–water partition coefficient (Wildman–Crippen LogP) is 3.63. The largest absolute Gasteiger partial charge is 0.346 e. The van der Waals surface area contributed by atoms with E-state index in [4.69, 9.17) is 4.98 Å². The van der Waals surface area contributed by atoms with Gasteiger partial charge in [-0.3, -0.25) is 4.40 Å². The van der Waals surface area contributed by atoms with Crippen molar-refractivity contribution in [2.75, 3.05) is 18.0 Å². The van der Waals surface area contributed by atoms with Crippen LogP contribution in [-0.2, 0) is 0 Å². The molecule has 0 bridgehead atoms. The minimum Gasteiger partial charge on any atom is -0.346 e. The maximum absolute atomic E-state index is 4.77. The Bertz CT molecular complexity index is 1020. The molecule has 3 aromatic heterocycles. The first-order valence-corrected chi connectivity index (χ1v) is 9.59. The van der Waals surface area contributed by atoms with Gasteiger partial charge in [-0.2, -0.15) is 9.36 Å². The molecular weight excluding hydrogens is 344 g/mol. The minimum absolute atomic E-state index is 0.352. The number of nitrogens with zero attached hydrogens (tertiary/aromatic N) is 6. The normalized spacial score (nSPS) is 17.7. The zero-order chi connectivity index (χ0) is 17.3. The summed E-state index contributed by atoms with van der Waals surface area (Å²) in [6, 6.07) is 16.2. The predicted molar refractivity (Wildman–Crippen MR) is 103 cm³/mol. The fourth-order valence-electron chi connectivity index (χ4n) is 3.55. The second-order valence-electron chi connectivity index (χ2n) is 6.54. The second kappa shape index (κ2) is 6.49. The molecule has 0 saturated carbocycles. The van der Waals surface area contributed by atoms with E-state index in [-0.39, 0.29) is 0 Å². The van der Waals surface area contributed by atoms with E-state index in [2.05, 4.69) is 23.9 Å². The number of aromatic nitrogens is 5. The molecule has 26 heavy (non-hydrogen) atoms. The number of anilines is 1. The third-order valence-electron chi connectivity index (χ3n) is 4.84. The van der Waals surface area contributed by atoms with Gasteiger partial charge in [-0.05, 0) is 25.0 Å². The van der Waals surface area contributed by atoms with Crippen LogP contribution in [0.25, 0.3) is 17.0 Å². The molecule has 0 N–H and O–H groups in total. The summed E-state index contributed by atoms with van der Waals surface area (Å²) in [4.78, 5) is 7.11. The van der Waals surface area contributed by atoms with Crippen LogP contribution >= 0.6 is 11.5 Å². The van der Waals surface area contributed by atoms with Crippen molar-refractivity contribution in [3.05, 3.63) is 60.6 Å². The van der Waals surface area contributed by atoms with E-state index >= 15 is 0 Å². The monoisotopic (exact) mass is 362 g/mol. The molecule has 0 aliphatic carbocycles. The molecule has 0 spiro atoms. The highest BCUT2D eigenvalue weighted by Gasteiger charge is 2.27. The first kappa shape index (κ1) is 15.5. The number of benzene rings is 1. The lowest BCUT2D eigenvalue weighted by molar-refractivity contribution is 0.488. The zero-order valence-electron chi connectivity index (χ0n) is 14.2. The number of rotatable bonds is 3. The molecule has 1 aromatic carbocycles. The average Bonchev–Trinajstić information content (AvgIpc) is 3.36. The third-order valence-corrected chi connectivity index (χ3v) is 5.62. The Labute approximate surface area is 155 Å². The van der Waals surface area contributed by atoms with Gasteiger partial charge >= 0.3 is 0 Å². The van der Waals surface area contributed by atoms with Gasteiger partial charge in [0.25, 0.3) is 0 Å². The highest BCUT2D eigenvalue weighted by molar-refractivity contribution is 7.09. The number of hydrogen-bond acceptors (Lipinski definition) is 6. The van der Waals surface area contributed by atoms with Crippen molar-refractivity contribution in [1.29, 1.82) is 0 Å². The van der Waals surface area contributed by atoms with Crippen LogP contribution < -0.4 is 4.90 Å².